The summed E-state index contributed by atoms with van der Waals surface area (Å²) in [5, 5.41) is 2.73. The molecule has 1 heterocycles. The molecule has 0 saturated carbocycles. The Kier molecular flexibility index (Phi) is 5.08. The fraction of sp³-hybridized carbons (Fsp3) is 0.0952. The highest BCUT2D eigenvalue weighted by Gasteiger charge is 2.22. The standard InChI is InChI=1S/C21H19N3O2/c1-14-16(18-12-5-6-13-23-18)10-7-11-17(14)21(26)24-19(20(22)25)15-8-3-2-4-9-15/h2-13,19H,1H3,(H2,22,25)(H,24,26). The van der Waals surface area contributed by atoms with Gasteiger partial charge in [0.2, 0.25) is 5.91 Å². The van der Waals surface area contributed by atoms with Crippen molar-refractivity contribution in [3.63, 3.8) is 0 Å². The number of primary amides is 1. The number of nitrogens with one attached hydrogen (secondary N) is 1. The molecule has 3 N–H and O–H groups in total. The topological polar surface area (TPSA) is 85.1 Å². The lowest BCUT2D eigenvalue weighted by Gasteiger charge is -2.17. The third-order valence-electron chi connectivity index (χ3n) is 4.21. The van der Waals surface area contributed by atoms with Crippen LogP contribution in [-0.4, -0.2) is 16.8 Å². The molecule has 5 nitrogen and oxygen atoms in total. The van der Waals surface area contributed by atoms with Gasteiger partial charge in [-0.15, -0.1) is 0 Å². The molecule has 0 aliphatic rings. The largest absolute Gasteiger partial charge is 0.368 e. The van der Waals surface area contributed by atoms with Crippen LogP contribution in [0.5, 0.6) is 0 Å². The summed E-state index contributed by atoms with van der Waals surface area (Å²) in [6, 6.07) is 19.1. The Morgan fingerprint density at radius 3 is 2.35 bits per heavy atom. The van der Waals surface area contributed by atoms with Crippen molar-refractivity contribution in [2.24, 2.45) is 5.73 Å². The van der Waals surface area contributed by atoms with Crippen LogP contribution >= 0.6 is 0 Å². The minimum absolute atomic E-state index is 0.354. The third-order valence-corrected chi connectivity index (χ3v) is 4.21. The molecule has 3 rings (SSSR count). The summed E-state index contributed by atoms with van der Waals surface area (Å²) in [5.41, 5.74) is 9.06. The Labute approximate surface area is 151 Å². The van der Waals surface area contributed by atoms with Gasteiger partial charge in [-0.3, -0.25) is 14.6 Å². The summed E-state index contributed by atoms with van der Waals surface area (Å²) in [7, 11) is 0. The fourth-order valence-electron chi connectivity index (χ4n) is 2.85. The van der Waals surface area contributed by atoms with Gasteiger partial charge in [0.15, 0.2) is 0 Å². The molecule has 0 spiro atoms. The van der Waals surface area contributed by atoms with Crippen molar-refractivity contribution in [3.05, 3.63) is 89.6 Å². The van der Waals surface area contributed by atoms with Crippen LogP contribution in [0.15, 0.2) is 72.9 Å². The minimum Gasteiger partial charge on any atom is -0.368 e. The lowest BCUT2D eigenvalue weighted by Crippen LogP contribution is -2.37. The van der Waals surface area contributed by atoms with E-state index < -0.39 is 11.9 Å². The van der Waals surface area contributed by atoms with Gasteiger partial charge in [-0.1, -0.05) is 48.5 Å². The molecule has 1 aromatic heterocycles. The van der Waals surface area contributed by atoms with Crippen LogP contribution in [0.1, 0.15) is 27.5 Å². The summed E-state index contributed by atoms with van der Waals surface area (Å²) in [6.07, 6.45) is 1.71. The zero-order chi connectivity index (χ0) is 18.5. The maximum Gasteiger partial charge on any atom is 0.252 e. The van der Waals surface area contributed by atoms with Crippen molar-refractivity contribution in [1.29, 1.82) is 0 Å². The SMILES string of the molecule is Cc1c(C(=O)NC(C(N)=O)c2ccccc2)cccc1-c1ccccn1. The molecule has 26 heavy (non-hydrogen) atoms. The van der Waals surface area contributed by atoms with Crippen LogP contribution in [0.3, 0.4) is 0 Å². The smallest absolute Gasteiger partial charge is 0.252 e. The second kappa shape index (κ2) is 7.61. The first kappa shape index (κ1) is 17.4. The van der Waals surface area contributed by atoms with Crippen LogP contribution in [0.25, 0.3) is 11.3 Å². The number of nitrogens with two attached hydrogens (primary N) is 1. The minimum atomic E-state index is -0.887. The first-order valence-electron chi connectivity index (χ1n) is 8.24. The second-order valence-corrected chi connectivity index (χ2v) is 5.91. The van der Waals surface area contributed by atoms with Gasteiger partial charge < -0.3 is 11.1 Å². The highest BCUT2D eigenvalue weighted by atomic mass is 16.2. The Balaban J connectivity index is 1.92. The maximum atomic E-state index is 12.8. The monoisotopic (exact) mass is 345 g/mol. The number of carbonyl (C=O) groups excluding carboxylic acids is 2. The van der Waals surface area contributed by atoms with E-state index in [1.54, 1.807) is 42.6 Å². The number of benzene rings is 2. The number of pyridine rings is 1. The van der Waals surface area contributed by atoms with E-state index in [9.17, 15) is 9.59 Å². The van der Waals surface area contributed by atoms with E-state index in [0.717, 1.165) is 16.8 Å². The first-order valence-corrected chi connectivity index (χ1v) is 8.24. The Hall–Kier alpha value is -3.47. The van der Waals surface area contributed by atoms with E-state index in [1.165, 1.54) is 0 Å². The van der Waals surface area contributed by atoms with Gasteiger partial charge >= 0.3 is 0 Å². The highest BCUT2D eigenvalue weighted by Crippen LogP contribution is 2.24. The number of hydrogen-bond donors (Lipinski definition) is 2. The fourth-order valence-corrected chi connectivity index (χ4v) is 2.85. The van der Waals surface area contributed by atoms with Crippen molar-refractivity contribution in [1.82, 2.24) is 10.3 Å². The van der Waals surface area contributed by atoms with Gasteiger partial charge in [0.25, 0.3) is 5.91 Å². The number of carbonyl (C=O) groups is 2. The summed E-state index contributed by atoms with van der Waals surface area (Å²) in [4.78, 5) is 29.0. The molecule has 0 fully saturated rings. The van der Waals surface area contributed by atoms with Crippen molar-refractivity contribution in [3.8, 4) is 11.3 Å². The molecule has 0 aliphatic carbocycles. The normalized spacial score (nSPS) is 11.6. The van der Waals surface area contributed by atoms with Crippen molar-refractivity contribution in [2.75, 3.05) is 0 Å². The van der Waals surface area contributed by atoms with Gasteiger partial charge in [0.05, 0.1) is 5.69 Å². The first-order chi connectivity index (χ1) is 12.6. The zero-order valence-corrected chi connectivity index (χ0v) is 14.3. The third kappa shape index (κ3) is 3.62. The van der Waals surface area contributed by atoms with Crippen LogP contribution in [0.4, 0.5) is 0 Å². The predicted octanol–water partition coefficient (Wildman–Crippen LogP) is 3.01. The quantitative estimate of drug-likeness (QED) is 0.745. The average molecular weight is 345 g/mol. The van der Waals surface area contributed by atoms with Crippen LogP contribution in [-0.2, 0) is 4.79 Å². The molecule has 0 bridgehead atoms. The van der Waals surface area contributed by atoms with Crippen molar-refractivity contribution in [2.45, 2.75) is 13.0 Å². The van der Waals surface area contributed by atoms with E-state index in [4.69, 9.17) is 5.73 Å². The zero-order valence-electron chi connectivity index (χ0n) is 14.3. The number of amides is 2. The molecule has 1 unspecified atom stereocenters. The Morgan fingerprint density at radius 2 is 1.69 bits per heavy atom. The maximum absolute atomic E-state index is 12.8. The number of aromatic nitrogens is 1. The summed E-state index contributed by atoms with van der Waals surface area (Å²) in [5.74, 6) is -0.962. The van der Waals surface area contributed by atoms with Gasteiger partial charge in [0.1, 0.15) is 6.04 Å². The molecule has 5 heteroatoms. The van der Waals surface area contributed by atoms with E-state index in [-0.39, 0.29) is 5.91 Å². The lowest BCUT2D eigenvalue weighted by molar-refractivity contribution is -0.120. The molecule has 0 saturated heterocycles. The Bertz CT molecular complexity index is 925. The van der Waals surface area contributed by atoms with Gasteiger partial charge in [0, 0.05) is 17.3 Å². The van der Waals surface area contributed by atoms with E-state index >= 15 is 0 Å². The van der Waals surface area contributed by atoms with Gasteiger partial charge in [-0.05, 0) is 36.2 Å². The molecule has 0 radical (unpaired) electrons. The highest BCUT2D eigenvalue weighted by molar-refractivity contribution is 6.00. The molecule has 0 aliphatic heterocycles. The molecule has 3 aromatic rings. The number of nitrogens with zero attached hydrogens (tertiary/aromatic N) is 1. The van der Waals surface area contributed by atoms with Gasteiger partial charge in [-0.25, -0.2) is 0 Å². The average Bonchev–Trinajstić information content (AvgIpc) is 2.67. The van der Waals surface area contributed by atoms with Crippen molar-refractivity contribution < 1.29 is 9.59 Å². The molecule has 2 aromatic carbocycles. The van der Waals surface area contributed by atoms with Crippen molar-refractivity contribution >= 4 is 11.8 Å². The molecule has 130 valence electrons. The van der Waals surface area contributed by atoms with Crippen LogP contribution in [0, 0.1) is 6.92 Å². The molecular weight excluding hydrogens is 326 g/mol. The van der Waals surface area contributed by atoms with E-state index in [0.29, 0.717) is 11.1 Å². The molecule has 1 atom stereocenters. The lowest BCUT2D eigenvalue weighted by atomic mass is 9.98. The molecular formula is C21H19N3O2. The van der Waals surface area contributed by atoms with Crippen LogP contribution < -0.4 is 11.1 Å². The number of hydrogen-bond acceptors (Lipinski definition) is 3. The second-order valence-electron chi connectivity index (χ2n) is 5.91. The summed E-state index contributed by atoms with van der Waals surface area (Å²) >= 11 is 0. The predicted molar refractivity (Wildman–Crippen MR) is 100 cm³/mol. The van der Waals surface area contributed by atoms with Gasteiger partial charge in [-0.2, -0.15) is 0 Å². The summed E-state index contributed by atoms with van der Waals surface area (Å²) in [6.45, 7) is 1.86. The van der Waals surface area contributed by atoms with E-state index in [2.05, 4.69) is 10.3 Å². The van der Waals surface area contributed by atoms with E-state index in [1.807, 2.05) is 37.3 Å². The Morgan fingerprint density at radius 1 is 0.962 bits per heavy atom. The van der Waals surface area contributed by atoms with Crippen LogP contribution in [0.2, 0.25) is 0 Å². The molecule has 2 amide bonds. The number of rotatable bonds is 5. The summed E-state index contributed by atoms with van der Waals surface area (Å²) < 4.78 is 0.